The van der Waals surface area contributed by atoms with Gasteiger partial charge in [-0.3, -0.25) is 0 Å². The number of hydrogen-bond acceptors (Lipinski definition) is 2. The van der Waals surface area contributed by atoms with Crippen molar-refractivity contribution in [3.05, 3.63) is 53.6 Å². The predicted octanol–water partition coefficient (Wildman–Crippen LogP) is 4.77. The molecule has 0 aromatic heterocycles. The van der Waals surface area contributed by atoms with Crippen molar-refractivity contribution in [2.75, 3.05) is 0 Å². The first-order valence-corrected chi connectivity index (χ1v) is 6.07. The van der Waals surface area contributed by atoms with Crippen molar-refractivity contribution in [2.24, 2.45) is 0 Å². The second-order valence-corrected chi connectivity index (χ2v) is 4.28. The van der Waals surface area contributed by atoms with Crippen LogP contribution in [0.15, 0.2) is 42.5 Å². The first kappa shape index (κ1) is 14.2. The molecule has 0 saturated carbocycles. The Bertz CT molecular complexity index is 589. The highest BCUT2D eigenvalue weighted by Crippen LogP contribution is 2.34. The first-order chi connectivity index (χ1) is 9.40. The van der Waals surface area contributed by atoms with Gasteiger partial charge in [0.25, 0.3) is 0 Å². The Labute approximate surface area is 114 Å². The molecule has 0 bridgehead atoms. The molecule has 0 radical (unpaired) electrons. The third-order valence-electron chi connectivity index (χ3n) is 2.84. The van der Waals surface area contributed by atoms with E-state index in [4.69, 9.17) is 4.74 Å². The molecule has 0 amide bonds. The maximum Gasteiger partial charge on any atom is 0.416 e. The highest BCUT2D eigenvalue weighted by atomic mass is 19.4. The summed E-state index contributed by atoms with van der Waals surface area (Å²) in [6.45, 7) is 1.95. The van der Waals surface area contributed by atoms with Gasteiger partial charge in [-0.05, 0) is 48.4 Å². The molecular weight excluding hydrogens is 269 g/mol. The van der Waals surface area contributed by atoms with Crippen molar-refractivity contribution < 1.29 is 23.0 Å². The topological polar surface area (TPSA) is 29.5 Å². The molecule has 0 aliphatic carbocycles. The zero-order valence-electron chi connectivity index (χ0n) is 10.7. The van der Waals surface area contributed by atoms with Crippen LogP contribution in [0.25, 0.3) is 0 Å². The van der Waals surface area contributed by atoms with Crippen LogP contribution in [0.3, 0.4) is 0 Å². The van der Waals surface area contributed by atoms with Crippen LogP contribution in [-0.2, 0) is 12.6 Å². The van der Waals surface area contributed by atoms with Gasteiger partial charge >= 0.3 is 6.18 Å². The van der Waals surface area contributed by atoms with Crippen LogP contribution in [0.1, 0.15) is 18.1 Å². The summed E-state index contributed by atoms with van der Waals surface area (Å²) in [4.78, 5) is 0. The average Bonchev–Trinajstić information content (AvgIpc) is 2.40. The molecule has 0 saturated heterocycles. The predicted molar refractivity (Wildman–Crippen MR) is 69.0 cm³/mol. The molecule has 2 aromatic carbocycles. The fourth-order valence-electron chi connectivity index (χ4n) is 1.71. The molecule has 2 aromatic rings. The number of halogens is 3. The molecule has 2 rings (SSSR count). The lowest BCUT2D eigenvalue weighted by Gasteiger charge is -2.10. The molecule has 0 aliphatic heterocycles. The fourth-order valence-corrected chi connectivity index (χ4v) is 1.71. The third-order valence-corrected chi connectivity index (χ3v) is 2.84. The molecule has 2 nitrogen and oxygen atoms in total. The highest BCUT2D eigenvalue weighted by molar-refractivity contribution is 5.44. The van der Waals surface area contributed by atoms with Gasteiger partial charge in [0.1, 0.15) is 5.75 Å². The first-order valence-electron chi connectivity index (χ1n) is 6.07. The van der Waals surface area contributed by atoms with Crippen molar-refractivity contribution in [3.8, 4) is 17.2 Å². The molecule has 5 heteroatoms. The number of ether oxygens (including phenoxy) is 1. The minimum absolute atomic E-state index is 0.0377. The van der Waals surface area contributed by atoms with E-state index in [2.05, 4.69) is 0 Å². The summed E-state index contributed by atoms with van der Waals surface area (Å²) in [6, 6.07) is 9.26. The summed E-state index contributed by atoms with van der Waals surface area (Å²) >= 11 is 0. The van der Waals surface area contributed by atoms with Gasteiger partial charge in [-0.1, -0.05) is 13.0 Å². The maximum atomic E-state index is 12.4. The van der Waals surface area contributed by atoms with E-state index in [1.807, 2.05) is 6.92 Å². The summed E-state index contributed by atoms with van der Waals surface area (Å²) in [6.07, 6.45) is -3.60. The number of aryl methyl sites for hydroxylation is 1. The Morgan fingerprint density at radius 1 is 1.05 bits per heavy atom. The summed E-state index contributed by atoms with van der Waals surface area (Å²) < 4.78 is 42.6. The molecule has 0 heterocycles. The van der Waals surface area contributed by atoms with Gasteiger partial charge < -0.3 is 9.84 Å². The zero-order chi connectivity index (χ0) is 14.8. The smallest absolute Gasteiger partial charge is 0.416 e. The van der Waals surface area contributed by atoms with Crippen LogP contribution in [0.5, 0.6) is 17.2 Å². The Hall–Kier alpha value is -2.17. The third kappa shape index (κ3) is 3.23. The second-order valence-electron chi connectivity index (χ2n) is 4.28. The van der Waals surface area contributed by atoms with Gasteiger partial charge in [-0.2, -0.15) is 13.2 Å². The van der Waals surface area contributed by atoms with Crippen LogP contribution in [0.2, 0.25) is 0 Å². The van der Waals surface area contributed by atoms with Crippen molar-refractivity contribution in [1.29, 1.82) is 0 Å². The SMILES string of the molecule is CCc1ccc(Oc2ccc(C(F)(F)F)cc2)c(O)c1. The Morgan fingerprint density at radius 3 is 2.20 bits per heavy atom. The van der Waals surface area contributed by atoms with E-state index >= 15 is 0 Å². The molecule has 0 spiro atoms. The Kier molecular flexibility index (Phi) is 3.88. The maximum absolute atomic E-state index is 12.4. The Balaban J connectivity index is 2.18. The molecular formula is C15H13F3O2. The van der Waals surface area contributed by atoms with Crippen molar-refractivity contribution in [3.63, 3.8) is 0 Å². The monoisotopic (exact) mass is 282 g/mol. The average molecular weight is 282 g/mol. The van der Waals surface area contributed by atoms with Gasteiger partial charge in [0, 0.05) is 0 Å². The van der Waals surface area contributed by atoms with Gasteiger partial charge in [0.2, 0.25) is 0 Å². The Morgan fingerprint density at radius 2 is 1.70 bits per heavy atom. The molecule has 106 valence electrons. The van der Waals surface area contributed by atoms with Gasteiger partial charge in [0.05, 0.1) is 5.56 Å². The summed E-state index contributed by atoms with van der Waals surface area (Å²) in [5.41, 5.74) is 0.206. The number of phenolic OH excluding ortho intramolecular Hbond substituents is 1. The van der Waals surface area contributed by atoms with Gasteiger partial charge in [-0.25, -0.2) is 0 Å². The van der Waals surface area contributed by atoms with E-state index < -0.39 is 11.7 Å². The van der Waals surface area contributed by atoms with E-state index in [-0.39, 0.29) is 17.2 Å². The van der Waals surface area contributed by atoms with Gasteiger partial charge in [-0.15, -0.1) is 0 Å². The zero-order valence-corrected chi connectivity index (χ0v) is 10.7. The number of rotatable bonds is 3. The lowest BCUT2D eigenvalue weighted by Crippen LogP contribution is -2.03. The van der Waals surface area contributed by atoms with Crippen LogP contribution >= 0.6 is 0 Å². The largest absolute Gasteiger partial charge is 0.504 e. The van der Waals surface area contributed by atoms with E-state index in [9.17, 15) is 18.3 Å². The molecule has 0 atom stereocenters. The number of phenols is 1. The van der Waals surface area contributed by atoms with E-state index in [0.717, 1.165) is 24.1 Å². The summed E-state index contributed by atoms with van der Waals surface area (Å²) in [5.74, 6) is 0.406. The van der Waals surface area contributed by atoms with Crippen molar-refractivity contribution in [1.82, 2.24) is 0 Å². The quantitative estimate of drug-likeness (QED) is 0.879. The normalized spacial score (nSPS) is 11.4. The number of alkyl halides is 3. The molecule has 0 aliphatic rings. The fraction of sp³-hybridized carbons (Fsp3) is 0.200. The number of aromatic hydroxyl groups is 1. The second kappa shape index (κ2) is 5.45. The highest BCUT2D eigenvalue weighted by Gasteiger charge is 2.30. The number of benzene rings is 2. The summed E-state index contributed by atoms with van der Waals surface area (Å²) in [7, 11) is 0. The standard InChI is InChI=1S/C15H13F3O2/c1-2-10-3-8-14(13(19)9-10)20-12-6-4-11(5-7-12)15(16,17)18/h3-9,19H,2H2,1H3. The minimum Gasteiger partial charge on any atom is -0.504 e. The lowest BCUT2D eigenvalue weighted by atomic mass is 10.1. The lowest BCUT2D eigenvalue weighted by molar-refractivity contribution is -0.137. The minimum atomic E-state index is -4.37. The van der Waals surface area contributed by atoms with E-state index in [0.29, 0.717) is 0 Å². The molecule has 1 N–H and O–H groups in total. The van der Waals surface area contributed by atoms with Gasteiger partial charge in [0.15, 0.2) is 11.5 Å². The van der Waals surface area contributed by atoms with E-state index in [1.165, 1.54) is 12.1 Å². The molecule has 0 fully saturated rings. The van der Waals surface area contributed by atoms with Crippen LogP contribution in [-0.4, -0.2) is 5.11 Å². The van der Waals surface area contributed by atoms with Crippen LogP contribution in [0, 0.1) is 0 Å². The van der Waals surface area contributed by atoms with Crippen molar-refractivity contribution in [2.45, 2.75) is 19.5 Å². The summed E-state index contributed by atoms with van der Waals surface area (Å²) in [5, 5.41) is 9.76. The van der Waals surface area contributed by atoms with Crippen LogP contribution < -0.4 is 4.74 Å². The van der Waals surface area contributed by atoms with Crippen LogP contribution in [0.4, 0.5) is 13.2 Å². The van der Waals surface area contributed by atoms with Crippen molar-refractivity contribution >= 4 is 0 Å². The van der Waals surface area contributed by atoms with E-state index in [1.54, 1.807) is 18.2 Å². The molecule has 0 unspecified atom stereocenters. The molecule has 20 heavy (non-hydrogen) atoms. The number of hydrogen-bond donors (Lipinski definition) is 1.